The lowest BCUT2D eigenvalue weighted by atomic mass is 10.1. The Morgan fingerprint density at radius 3 is 2.55 bits per heavy atom. The minimum absolute atomic E-state index is 0.0193. The van der Waals surface area contributed by atoms with E-state index in [9.17, 15) is 13.2 Å². The quantitative estimate of drug-likeness (QED) is 0.511. The number of benzene rings is 1. The van der Waals surface area contributed by atoms with E-state index < -0.39 is 11.7 Å². The van der Waals surface area contributed by atoms with Crippen molar-refractivity contribution >= 4 is 22.7 Å². The third-order valence-electron chi connectivity index (χ3n) is 4.40. The Hall–Kier alpha value is -3.69. The molecule has 0 atom stereocenters. The monoisotopic (exact) mass is 399 g/mol. The zero-order chi connectivity index (χ0) is 20.8. The predicted octanol–water partition coefficient (Wildman–Crippen LogP) is 3.43. The van der Waals surface area contributed by atoms with Gasteiger partial charge in [-0.3, -0.25) is 4.98 Å². The molecule has 0 saturated carbocycles. The van der Waals surface area contributed by atoms with Gasteiger partial charge in [-0.1, -0.05) is 12.1 Å². The van der Waals surface area contributed by atoms with E-state index in [4.69, 9.17) is 11.5 Å². The standard InChI is InChI=1S/C19H16F3N7/c1-10-3-2-4-15(26-10)16-12-8-25-29(17(12)28-18(24)27-16)9-11-5-6-14(23)13(7-11)19(20,21)22/h2-8H,9,23H2,1H3,(H2,24,27,28). The Morgan fingerprint density at radius 1 is 1.03 bits per heavy atom. The molecule has 29 heavy (non-hydrogen) atoms. The molecule has 7 nitrogen and oxygen atoms in total. The summed E-state index contributed by atoms with van der Waals surface area (Å²) in [6.07, 6.45) is -2.99. The van der Waals surface area contributed by atoms with Crippen LogP contribution in [-0.2, 0) is 12.7 Å². The molecule has 0 spiro atoms. The second-order valence-electron chi connectivity index (χ2n) is 6.55. The molecule has 0 unspecified atom stereocenters. The van der Waals surface area contributed by atoms with Crippen molar-refractivity contribution in [2.24, 2.45) is 0 Å². The predicted molar refractivity (Wildman–Crippen MR) is 103 cm³/mol. The number of anilines is 2. The maximum atomic E-state index is 13.1. The van der Waals surface area contributed by atoms with Gasteiger partial charge in [0.05, 0.1) is 29.4 Å². The largest absolute Gasteiger partial charge is 0.418 e. The molecular weight excluding hydrogens is 383 g/mol. The summed E-state index contributed by atoms with van der Waals surface area (Å²) in [6.45, 7) is 1.91. The van der Waals surface area contributed by atoms with Gasteiger partial charge in [0.15, 0.2) is 5.65 Å². The van der Waals surface area contributed by atoms with Crippen LogP contribution in [0, 0.1) is 6.92 Å². The lowest BCUT2D eigenvalue weighted by molar-refractivity contribution is -0.136. The minimum Gasteiger partial charge on any atom is -0.398 e. The number of nitrogens with two attached hydrogens (primary N) is 2. The first-order chi connectivity index (χ1) is 13.7. The molecule has 0 amide bonds. The molecule has 0 fully saturated rings. The summed E-state index contributed by atoms with van der Waals surface area (Å²) in [5, 5.41) is 4.87. The third kappa shape index (κ3) is 3.56. The van der Waals surface area contributed by atoms with Crippen molar-refractivity contribution in [1.82, 2.24) is 24.7 Å². The number of hydrogen-bond donors (Lipinski definition) is 2. The van der Waals surface area contributed by atoms with Crippen LogP contribution in [0.2, 0.25) is 0 Å². The van der Waals surface area contributed by atoms with Crippen LogP contribution in [0.25, 0.3) is 22.4 Å². The number of pyridine rings is 1. The molecule has 1 aromatic carbocycles. The van der Waals surface area contributed by atoms with Crippen molar-refractivity contribution in [2.45, 2.75) is 19.6 Å². The fourth-order valence-electron chi connectivity index (χ4n) is 3.08. The lowest BCUT2D eigenvalue weighted by Crippen LogP contribution is -2.11. The maximum absolute atomic E-state index is 13.1. The normalized spacial score (nSPS) is 11.9. The molecule has 4 rings (SSSR count). The van der Waals surface area contributed by atoms with Gasteiger partial charge < -0.3 is 11.5 Å². The highest BCUT2D eigenvalue weighted by molar-refractivity contribution is 5.90. The van der Waals surface area contributed by atoms with Crippen molar-refractivity contribution in [3.63, 3.8) is 0 Å². The number of halogens is 3. The number of hydrogen-bond acceptors (Lipinski definition) is 6. The SMILES string of the molecule is Cc1cccc(-c2nc(N)nc3c2cnn3Cc2ccc(N)c(C(F)(F)F)c2)n1. The molecule has 3 heterocycles. The zero-order valence-corrected chi connectivity index (χ0v) is 15.3. The molecule has 0 bridgehead atoms. The van der Waals surface area contributed by atoms with Gasteiger partial charge in [-0.2, -0.15) is 23.3 Å². The molecular formula is C19H16F3N7. The van der Waals surface area contributed by atoms with Gasteiger partial charge in [-0.05, 0) is 36.8 Å². The summed E-state index contributed by atoms with van der Waals surface area (Å²) in [7, 11) is 0. The van der Waals surface area contributed by atoms with Crippen LogP contribution >= 0.6 is 0 Å². The number of alkyl halides is 3. The van der Waals surface area contributed by atoms with Gasteiger partial charge in [0.25, 0.3) is 0 Å². The van der Waals surface area contributed by atoms with Crippen molar-refractivity contribution < 1.29 is 13.2 Å². The van der Waals surface area contributed by atoms with Gasteiger partial charge in [0.2, 0.25) is 5.95 Å². The summed E-state index contributed by atoms with van der Waals surface area (Å²) < 4.78 is 40.9. The van der Waals surface area contributed by atoms with Crippen molar-refractivity contribution in [2.75, 3.05) is 11.5 Å². The molecule has 0 saturated heterocycles. The Balaban J connectivity index is 1.79. The summed E-state index contributed by atoms with van der Waals surface area (Å²) in [5.41, 5.74) is 12.8. The second-order valence-corrected chi connectivity index (χ2v) is 6.55. The summed E-state index contributed by atoms with van der Waals surface area (Å²) in [5.74, 6) is 0.0193. The van der Waals surface area contributed by atoms with E-state index in [1.54, 1.807) is 12.3 Å². The van der Waals surface area contributed by atoms with Crippen LogP contribution < -0.4 is 11.5 Å². The third-order valence-corrected chi connectivity index (χ3v) is 4.40. The Morgan fingerprint density at radius 2 is 1.83 bits per heavy atom. The van der Waals surface area contributed by atoms with E-state index in [-0.39, 0.29) is 18.2 Å². The van der Waals surface area contributed by atoms with Gasteiger partial charge >= 0.3 is 6.18 Å². The van der Waals surface area contributed by atoms with Gasteiger partial charge in [-0.25, -0.2) is 9.67 Å². The molecule has 10 heteroatoms. The molecule has 4 aromatic rings. The van der Waals surface area contributed by atoms with Crippen molar-refractivity contribution in [3.8, 4) is 11.4 Å². The highest BCUT2D eigenvalue weighted by atomic mass is 19.4. The van der Waals surface area contributed by atoms with Crippen molar-refractivity contribution in [3.05, 3.63) is 59.4 Å². The number of aryl methyl sites for hydroxylation is 1. The van der Waals surface area contributed by atoms with Crippen LogP contribution in [0.3, 0.4) is 0 Å². The summed E-state index contributed by atoms with van der Waals surface area (Å²) >= 11 is 0. The molecule has 4 N–H and O–H groups in total. The van der Waals surface area contributed by atoms with Gasteiger partial charge in [0, 0.05) is 11.4 Å². The van der Waals surface area contributed by atoms with E-state index >= 15 is 0 Å². The van der Waals surface area contributed by atoms with Crippen LogP contribution in [-0.4, -0.2) is 24.7 Å². The highest BCUT2D eigenvalue weighted by Crippen LogP contribution is 2.34. The molecule has 0 aliphatic rings. The van der Waals surface area contributed by atoms with Crippen LogP contribution in [0.4, 0.5) is 24.8 Å². The number of rotatable bonds is 3. The zero-order valence-electron chi connectivity index (χ0n) is 15.3. The first-order valence-electron chi connectivity index (χ1n) is 8.61. The number of nitrogens with zero attached hydrogens (tertiary/aromatic N) is 5. The van der Waals surface area contributed by atoms with Crippen LogP contribution in [0.5, 0.6) is 0 Å². The minimum atomic E-state index is -4.54. The Labute approximate surface area is 163 Å². The van der Waals surface area contributed by atoms with E-state index in [0.29, 0.717) is 28.0 Å². The Kier molecular flexibility index (Phi) is 4.33. The second kappa shape index (κ2) is 6.73. The number of nitrogen functional groups attached to an aromatic ring is 2. The lowest BCUT2D eigenvalue weighted by Gasteiger charge is -2.12. The molecule has 0 aliphatic carbocycles. The number of aromatic nitrogens is 5. The fourth-order valence-corrected chi connectivity index (χ4v) is 3.08. The summed E-state index contributed by atoms with van der Waals surface area (Å²) in [6, 6.07) is 9.26. The summed E-state index contributed by atoms with van der Waals surface area (Å²) in [4.78, 5) is 13.0. The van der Waals surface area contributed by atoms with Crippen LogP contribution in [0.1, 0.15) is 16.8 Å². The van der Waals surface area contributed by atoms with Gasteiger partial charge in [0.1, 0.15) is 5.69 Å². The Bertz CT molecular complexity index is 1210. The average molecular weight is 399 g/mol. The smallest absolute Gasteiger partial charge is 0.398 e. The average Bonchev–Trinajstić information content (AvgIpc) is 3.04. The van der Waals surface area contributed by atoms with E-state index in [1.807, 2.05) is 19.1 Å². The fraction of sp³-hybridized carbons (Fsp3) is 0.158. The van der Waals surface area contributed by atoms with E-state index in [1.165, 1.54) is 16.8 Å². The van der Waals surface area contributed by atoms with E-state index in [0.717, 1.165) is 11.8 Å². The first-order valence-corrected chi connectivity index (χ1v) is 8.61. The highest BCUT2D eigenvalue weighted by Gasteiger charge is 2.33. The number of fused-ring (bicyclic) bond motifs is 1. The molecule has 148 valence electrons. The molecule has 3 aromatic heterocycles. The van der Waals surface area contributed by atoms with Gasteiger partial charge in [-0.15, -0.1) is 0 Å². The van der Waals surface area contributed by atoms with E-state index in [2.05, 4.69) is 20.1 Å². The topological polar surface area (TPSA) is 109 Å². The first kappa shape index (κ1) is 18.7. The van der Waals surface area contributed by atoms with Crippen molar-refractivity contribution in [1.29, 1.82) is 0 Å². The van der Waals surface area contributed by atoms with Crippen LogP contribution in [0.15, 0.2) is 42.6 Å². The molecule has 0 radical (unpaired) electrons. The maximum Gasteiger partial charge on any atom is 0.418 e. The molecule has 0 aliphatic heterocycles.